The molecular weight excluding hydrogens is 402 g/mol. The summed E-state index contributed by atoms with van der Waals surface area (Å²) in [6.45, 7) is 6.74. The number of aryl methyl sites for hydroxylation is 2. The van der Waals surface area contributed by atoms with E-state index < -0.39 is 5.54 Å². The van der Waals surface area contributed by atoms with E-state index in [9.17, 15) is 9.59 Å². The summed E-state index contributed by atoms with van der Waals surface area (Å²) in [5, 5.41) is 0.549. The maximum absolute atomic E-state index is 13.5. The lowest BCUT2D eigenvalue weighted by Crippen LogP contribution is -2.40. The molecule has 3 heterocycles. The highest BCUT2D eigenvalue weighted by Gasteiger charge is 2.40. The molecule has 0 unspecified atom stereocenters. The van der Waals surface area contributed by atoms with Crippen molar-refractivity contribution in [3.05, 3.63) is 92.3 Å². The van der Waals surface area contributed by atoms with Gasteiger partial charge in [0.1, 0.15) is 6.10 Å². The van der Waals surface area contributed by atoms with Crippen molar-refractivity contribution in [3.8, 4) is 11.3 Å². The SMILES string of the molecule is Cc1ccc(-c2c3c(=O)n(C)c(=O)n(C)c3c3n2C(C)(C)CO[C@H]3c2ccccc2)cc1. The van der Waals surface area contributed by atoms with Crippen LogP contribution < -0.4 is 11.2 Å². The maximum atomic E-state index is 13.5. The number of aromatic nitrogens is 3. The summed E-state index contributed by atoms with van der Waals surface area (Å²) >= 11 is 0. The van der Waals surface area contributed by atoms with Crippen molar-refractivity contribution in [3.63, 3.8) is 0 Å². The minimum atomic E-state index is -0.416. The molecule has 1 aliphatic heterocycles. The zero-order valence-electron chi connectivity index (χ0n) is 19.0. The van der Waals surface area contributed by atoms with E-state index in [1.54, 1.807) is 11.6 Å². The number of hydrogen-bond donors (Lipinski definition) is 0. The molecule has 0 aliphatic carbocycles. The third-order valence-corrected chi connectivity index (χ3v) is 6.49. The molecule has 32 heavy (non-hydrogen) atoms. The quantitative estimate of drug-likeness (QED) is 0.486. The van der Waals surface area contributed by atoms with Gasteiger partial charge < -0.3 is 9.30 Å². The van der Waals surface area contributed by atoms with Crippen LogP contribution in [0, 0.1) is 6.92 Å². The molecule has 0 N–H and O–H groups in total. The highest BCUT2D eigenvalue weighted by Crippen LogP contribution is 2.45. The van der Waals surface area contributed by atoms with E-state index in [4.69, 9.17) is 4.74 Å². The first-order valence-corrected chi connectivity index (χ1v) is 10.8. The van der Waals surface area contributed by atoms with Crippen molar-refractivity contribution < 1.29 is 4.74 Å². The van der Waals surface area contributed by atoms with Crippen LogP contribution in [0.2, 0.25) is 0 Å². The third kappa shape index (κ3) is 2.83. The lowest BCUT2D eigenvalue weighted by atomic mass is 9.98. The highest BCUT2D eigenvalue weighted by molar-refractivity contribution is 5.96. The summed E-state index contributed by atoms with van der Waals surface area (Å²) in [5.41, 5.74) is 4.35. The Bertz CT molecular complexity index is 1460. The topological polar surface area (TPSA) is 58.2 Å². The van der Waals surface area contributed by atoms with Crippen LogP contribution in [0.4, 0.5) is 0 Å². The minimum absolute atomic E-state index is 0.289. The Kier molecular flexibility index (Phi) is 4.53. The van der Waals surface area contributed by atoms with Crippen LogP contribution in [0.3, 0.4) is 0 Å². The van der Waals surface area contributed by atoms with Crippen LogP contribution in [0.5, 0.6) is 0 Å². The van der Waals surface area contributed by atoms with Crippen molar-refractivity contribution >= 4 is 10.9 Å². The van der Waals surface area contributed by atoms with Crippen LogP contribution in [-0.4, -0.2) is 20.3 Å². The number of hydrogen-bond acceptors (Lipinski definition) is 3. The Morgan fingerprint density at radius 3 is 2.25 bits per heavy atom. The molecule has 0 amide bonds. The van der Waals surface area contributed by atoms with E-state index >= 15 is 0 Å². The molecule has 1 aliphatic rings. The first-order chi connectivity index (χ1) is 15.2. The molecule has 5 rings (SSSR count). The van der Waals surface area contributed by atoms with Crippen LogP contribution >= 0.6 is 0 Å². The molecule has 0 saturated heterocycles. The fourth-order valence-corrected chi connectivity index (χ4v) is 4.86. The Morgan fingerprint density at radius 2 is 1.59 bits per heavy atom. The Hall–Kier alpha value is -3.38. The van der Waals surface area contributed by atoms with Crippen molar-refractivity contribution in [1.82, 2.24) is 13.7 Å². The summed E-state index contributed by atoms with van der Waals surface area (Å²) in [5.74, 6) is 0. The molecule has 0 radical (unpaired) electrons. The van der Waals surface area contributed by atoms with E-state index in [0.717, 1.165) is 28.1 Å². The van der Waals surface area contributed by atoms with Crippen LogP contribution in [0.1, 0.15) is 36.8 Å². The maximum Gasteiger partial charge on any atom is 0.331 e. The predicted octanol–water partition coefficient (Wildman–Crippen LogP) is 3.87. The molecule has 4 aromatic rings. The summed E-state index contributed by atoms with van der Waals surface area (Å²) in [7, 11) is 3.27. The molecule has 0 saturated carbocycles. The average Bonchev–Trinajstić information content (AvgIpc) is 3.15. The average molecular weight is 430 g/mol. The fraction of sp³-hybridized carbons (Fsp3) is 0.308. The molecule has 2 aromatic heterocycles. The standard InChI is InChI=1S/C26H27N3O3/c1-16-11-13-17(14-12-16)20-19-21(27(4)25(31)28(5)24(19)30)22-23(18-9-7-6-8-10-18)32-15-26(2,3)29(20)22/h6-14,23H,15H2,1-5H3/t23-/m0/s1. The second kappa shape index (κ2) is 7.07. The molecule has 0 spiro atoms. The van der Waals surface area contributed by atoms with Gasteiger partial charge in [-0.1, -0.05) is 60.2 Å². The van der Waals surface area contributed by atoms with Crippen molar-refractivity contribution in [2.24, 2.45) is 14.1 Å². The zero-order valence-corrected chi connectivity index (χ0v) is 19.0. The number of ether oxygens (including phenoxy) is 1. The Balaban J connectivity index is 2.02. The third-order valence-electron chi connectivity index (χ3n) is 6.49. The first-order valence-electron chi connectivity index (χ1n) is 10.8. The highest BCUT2D eigenvalue weighted by atomic mass is 16.5. The molecule has 164 valence electrons. The monoisotopic (exact) mass is 429 g/mol. The van der Waals surface area contributed by atoms with E-state index in [0.29, 0.717) is 17.5 Å². The van der Waals surface area contributed by atoms with Crippen LogP contribution in [0.25, 0.3) is 22.2 Å². The fourth-order valence-electron chi connectivity index (χ4n) is 4.86. The van der Waals surface area contributed by atoms with Crippen LogP contribution in [-0.2, 0) is 24.4 Å². The van der Waals surface area contributed by atoms with E-state index in [1.807, 2.05) is 49.4 Å². The molecule has 0 bridgehead atoms. The summed E-state index contributed by atoms with van der Waals surface area (Å²) in [4.78, 5) is 26.5. The summed E-state index contributed by atoms with van der Waals surface area (Å²) in [6.07, 6.45) is -0.386. The molecular formula is C26H27N3O3. The van der Waals surface area contributed by atoms with Gasteiger partial charge in [-0.05, 0) is 31.9 Å². The lowest BCUT2D eigenvalue weighted by molar-refractivity contribution is -0.00707. The molecule has 2 aromatic carbocycles. The Labute approximate surface area is 186 Å². The second-order valence-corrected chi connectivity index (χ2v) is 9.28. The van der Waals surface area contributed by atoms with E-state index in [-0.39, 0.29) is 17.4 Å². The molecule has 0 fully saturated rings. The smallest absolute Gasteiger partial charge is 0.331 e. The zero-order chi connectivity index (χ0) is 22.8. The van der Waals surface area contributed by atoms with Gasteiger partial charge in [0.05, 0.1) is 34.4 Å². The van der Waals surface area contributed by atoms with Gasteiger partial charge in [0.25, 0.3) is 5.56 Å². The number of nitrogens with zero attached hydrogens (tertiary/aromatic N) is 3. The largest absolute Gasteiger partial charge is 0.365 e. The van der Waals surface area contributed by atoms with Gasteiger partial charge in [0, 0.05) is 14.1 Å². The first kappa shape index (κ1) is 20.5. The number of fused-ring (bicyclic) bond motifs is 3. The molecule has 1 atom stereocenters. The summed E-state index contributed by atoms with van der Waals surface area (Å²) < 4.78 is 11.4. The number of benzene rings is 2. The molecule has 6 heteroatoms. The van der Waals surface area contributed by atoms with Gasteiger partial charge in [-0.3, -0.25) is 13.9 Å². The van der Waals surface area contributed by atoms with Crippen molar-refractivity contribution in [2.75, 3.05) is 6.61 Å². The minimum Gasteiger partial charge on any atom is -0.365 e. The second-order valence-electron chi connectivity index (χ2n) is 9.28. The van der Waals surface area contributed by atoms with Crippen LogP contribution in [0.15, 0.2) is 64.2 Å². The lowest BCUT2D eigenvalue weighted by Gasteiger charge is -2.39. The van der Waals surface area contributed by atoms with Gasteiger partial charge in [0.15, 0.2) is 0 Å². The van der Waals surface area contributed by atoms with Gasteiger partial charge in [-0.25, -0.2) is 4.79 Å². The Morgan fingerprint density at radius 1 is 0.938 bits per heavy atom. The van der Waals surface area contributed by atoms with E-state index in [1.165, 1.54) is 11.6 Å². The van der Waals surface area contributed by atoms with Gasteiger partial charge in [0.2, 0.25) is 0 Å². The summed E-state index contributed by atoms with van der Waals surface area (Å²) in [6, 6.07) is 18.2. The van der Waals surface area contributed by atoms with E-state index in [2.05, 4.69) is 30.5 Å². The molecule has 6 nitrogen and oxygen atoms in total. The predicted molar refractivity (Wildman–Crippen MR) is 126 cm³/mol. The van der Waals surface area contributed by atoms with Crippen molar-refractivity contribution in [1.29, 1.82) is 0 Å². The number of rotatable bonds is 2. The van der Waals surface area contributed by atoms with Gasteiger partial charge in [-0.15, -0.1) is 0 Å². The van der Waals surface area contributed by atoms with Gasteiger partial charge >= 0.3 is 5.69 Å². The van der Waals surface area contributed by atoms with Crippen molar-refractivity contribution in [2.45, 2.75) is 32.4 Å². The normalized spacial score (nSPS) is 17.5. The van der Waals surface area contributed by atoms with Gasteiger partial charge in [-0.2, -0.15) is 0 Å².